The third-order valence-corrected chi connectivity index (χ3v) is 3.91. The van der Waals surface area contributed by atoms with Crippen LogP contribution in [0.2, 0.25) is 20.1 Å². The number of carbonyl (C=O) groups excluding carboxylic acids is 1. The molecule has 2 nitrogen and oxygen atoms in total. The van der Waals surface area contributed by atoms with Crippen LogP contribution in [0.25, 0.3) is 0 Å². The number of ether oxygens (including phenoxy) is 1. The van der Waals surface area contributed by atoms with E-state index < -0.39 is 5.97 Å². The molecule has 0 aliphatic carbocycles. The predicted molar refractivity (Wildman–Crippen MR) is 75.2 cm³/mol. The van der Waals surface area contributed by atoms with Crippen LogP contribution in [0, 0.1) is 0 Å². The van der Waals surface area contributed by atoms with Crippen molar-refractivity contribution in [1.29, 1.82) is 0 Å². The maximum absolute atomic E-state index is 11.5. The number of carbonyl (C=O) groups is 1. The number of esters is 1. The molecule has 0 bridgehead atoms. The van der Waals surface area contributed by atoms with Gasteiger partial charge in [0.05, 0.1) is 32.8 Å². The van der Waals surface area contributed by atoms with E-state index in [4.69, 9.17) is 58.6 Å². The summed E-state index contributed by atoms with van der Waals surface area (Å²) in [4.78, 5) is 11.9. The molecule has 0 saturated carbocycles. The fourth-order valence-electron chi connectivity index (χ4n) is 1.22. The molecule has 1 aromatic carbocycles. The van der Waals surface area contributed by atoms with Crippen LogP contribution in [0.3, 0.4) is 0 Å². The molecule has 0 atom stereocenters. The summed E-state index contributed by atoms with van der Waals surface area (Å²) >= 11 is 28.9. The highest BCUT2D eigenvalue weighted by atomic mass is 35.5. The fourth-order valence-corrected chi connectivity index (χ4v) is 2.83. The Morgan fingerprint density at radius 1 is 1.00 bits per heavy atom. The van der Waals surface area contributed by atoms with Crippen LogP contribution in [0.15, 0.2) is 0 Å². The van der Waals surface area contributed by atoms with E-state index in [0.717, 1.165) is 0 Å². The van der Waals surface area contributed by atoms with Crippen LogP contribution >= 0.6 is 58.6 Å². The van der Waals surface area contributed by atoms with Crippen molar-refractivity contribution in [3.8, 4) is 0 Å². The molecule has 0 spiro atoms. The van der Waals surface area contributed by atoms with Gasteiger partial charge >= 0.3 is 5.97 Å². The van der Waals surface area contributed by atoms with Crippen molar-refractivity contribution < 1.29 is 9.53 Å². The molecular formula is C10H6Cl4O2S. The first-order chi connectivity index (χ1) is 7.82. The van der Waals surface area contributed by atoms with E-state index in [2.05, 4.69) is 4.74 Å². The number of rotatable bonds is 2. The molecule has 0 aliphatic rings. The van der Waals surface area contributed by atoms with Gasteiger partial charge in [0.25, 0.3) is 0 Å². The third kappa shape index (κ3) is 2.69. The van der Waals surface area contributed by atoms with Gasteiger partial charge in [-0.05, 0) is 6.92 Å². The Labute approximate surface area is 124 Å². The summed E-state index contributed by atoms with van der Waals surface area (Å²) in [6.45, 7) is 1.63. The SMILES string of the molecule is COC(=O)c1c(Cl)c(Cl)c(C(C)=S)c(Cl)c1Cl. The van der Waals surface area contributed by atoms with Gasteiger partial charge in [-0.3, -0.25) is 0 Å². The first kappa shape index (κ1) is 15.0. The van der Waals surface area contributed by atoms with E-state index in [9.17, 15) is 4.79 Å². The standard InChI is InChI=1S/C10H6Cl4O2S/c1-3(17)4-6(11)8(13)5(10(15)16-2)9(14)7(4)12/h1-2H3. The Balaban J connectivity index is 3.70. The molecule has 0 saturated heterocycles. The van der Waals surface area contributed by atoms with E-state index in [-0.39, 0.29) is 25.7 Å². The highest BCUT2D eigenvalue weighted by molar-refractivity contribution is 7.80. The van der Waals surface area contributed by atoms with Crippen molar-refractivity contribution in [2.75, 3.05) is 7.11 Å². The molecule has 0 aliphatic heterocycles. The van der Waals surface area contributed by atoms with E-state index in [0.29, 0.717) is 10.4 Å². The maximum Gasteiger partial charge on any atom is 0.341 e. The molecular weight excluding hydrogens is 326 g/mol. The lowest BCUT2D eigenvalue weighted by molar-refractivity contribution is 0.0601. The zero-order chi connectivity index (χ0) is 13.3. The minimum absolute atomic E-state index is 0.0212. The summed E-state index contributed by atoms with van der Waals surface area (Å²) in [6.07, 6.45) is 0. The van der Waals surface area contributed by atoms with Gasteiger partial charge in [0.2, 0.25) is 0 Å². The first-order valence-corrected chi connectivity index (χ1v) is 6.20. The molecule has 7 heteroatoms. The van der Waals surface area contributed by atoms with Gasteiger partial charge in [0.1, 0.15) is 0 Å². The minimum atomic E-state index is -0.711. The van der Waals surface area contributed by atoms with Crippen LogP contribution in [-0.2, 0) is 4.74 Å². The van der Waals surface area contributed by atoms with Crippen molar-refractivity contribution in [2.45, 2.75) is 6.92 Å². The third-order valence-electron chi connectivity index (χ3n) is 2.00. The Morgan fingerprint density at radius 3 is 1.65 bits per heavy atom. The summed E-state index contributed by atoms with van der Waals surface area (Å²) < 4.78 is 4.55. The van der Waals surface area contributed by atoms with Crippen molar-refractivity contribution in [3.63, 3.8) is 0 Å². The molecule has 17 heavy (non-hydrogen) atoms. The molecule has 0 unspecified atom stereocenters. The summed E-state index contributed by atoms with van der Waals surface area (Å²) in [5, 5.41) is 0.141. The Morgan fingerprint density at radius 2 is 1.35 bits per heavy atom. The minimum Gasteiger partial charge on any atom is -0.465 e. The van der Waals surface area contributed by atoms with E-state index in [1.165, 1.54) is 7.11 Å². The Kier molecular flexibility index (Phi) is 5.05. The van der Waals surface area contributed by atoms with Crippen LogP contribution < -0.4 is 0 Å². The topological polar surface area (TPSA) is 26.3 Å². The highest BCUT2D eigenvalue weighted by Gasteiger charge is 2.25. The number of thiocarbonyl (C=S) groups is 1. The first-order valence-electron chi connectivity index (χ1n) is 4.28. The monoisotopic (exact) mass is 330 g/mol. The van der Waals surface area contributed by atoms with Gasteiger partial charge < -0.3 is 4.74 Å². The fraction of sp³-hybridized carbons (Fsp3) is 0.200. The van der Waals surface area contributed by atoms with Crippen LogP contribution in [-0.4, -0.2) is 17.9 Å². The Bertz CT molecular complexity index is 485. The van der Waals surface area contributed by atoms with Gasteiger partial charge in [-0.25, -0.2) is 4.79 Å². The molecule has 0 amide bonds. The quantitative estimate of drug-likeness (QED) is 0.336. The highest BCUT2D eigenvalue weighted by Crippen LogP contribution is 2.41. The zero-order valence-corrected chi connectivity index (χ0v) is 12.6. The number of halogens is 4. The van der Waals surface area contributed by atoms with E-state index in [1.54, 1.807) is 6.92 Å². The molecule has 0 heterocycles. The number of benzene rings is 1. The molecule has 1 rings (SSSR count). The lowest BCUT2D eigenvalue weighted by atomic mass is 10.1. The second-order valence-corrected chi connectivity index (χ2v) is 5.18. The molecule has 0 N–H and O–H groups in total. The summed E-state index contributed by atoms with van der Waals surface area (Å²) in [6, 6.07) is 0. The van der Waals surface area contributed by atoms with Crippen molar-refractivity contribution in [1.82, 2.24) is 0 Å². The van der Waals surface area contributed by atoms with Gasteiger partial charge in [0.15, 0.2) is 0 Å². The van der Waals surface area contributed by atoms with Crippen LogP contribution in [0.1, 0.15) is 22.8 Å². The summed E-state index contributed by atoms with van der Waals surface area (Å²) in [5.41, 5.74) is 0.289. The summed E-state index contributed by atoms with van der Waals surface area (Å²) in [5.74, 6) is -0.711. The van der Waals surface area contributed by atoms with Gasteiger partial charge in [0, 0.05) is 10.4 Å². The van der Waals surface area contributed by atoms with Gasteiger partial charge in [-0.1, -0.05) is 58.6 Å². The van der Waals surface area contributed by atoms with Gasteiger partial charge in [-0.2, -0.15) is 0 Å². The molecule has 0 aromatic heterocycles. The van der Waals surface area contributed by atoms with Crippen molar-refractivity contribution in [3.05, 3.63) is 31.2 Å². The molecule has 0 fully saturated rings. The summed E-state index contributed by atoms with van der Waals surface area (Å²) in [7, 11) is 1.20. The second-order valence-electron chi connectivity index (χ2n) is 3.05. The van der Waals surface area contributed by atoms with Crippen LogP contribution in [0.5, 0.6) is 0 Å². The lowest BCUT2D eigenvalue weighted by Crippen LogP contribution is -2.07. The lowest BCUT2D eigenvalue weighted by Gasteiger charge is -2.13. The van der Waals surface area contributed by atoms with E-state index in [1.807, 2.05) is 0 Å². The number of methoxy groups -OCH3 is 1. The number of hydrogen-bond donors (Lipinski definition) is 0. The van der Waals surface area contributed by atoms with Crippen LogP contribution in [0.4, 0.5) is 0 Å². The molecule has 0 radical (unpaired) electrons. The average Bonchev–Trinajstić information content (AvgIpc) is 2.26. The number of hydrogen-bond acceptors (Lipinski definition) is 3. The second kappa shape index (κ2) is 5.72. The normalized spacial score (nSPS) is 10.2. The molecule has 92 valence electrons. The van der Waals surface area contributed by atoms with Gasteiger partial charge in [-0.15, -0.1) is 0 Å². The van der Waals surface area contributed by atoms with E-state index >= 15 is 0 Å². The molecule has 1 aromatic rings. The van der Waals surface area contributed by atoms with Crippen molar-refractivity contribution in [2.24, 2.45) is 0 Å². The zero-order valence-electron chi connectivity index (χ0n) is 8.74. The largest absolute Gasteiger partial charge is 0.465 e. The Hall–Kier alpha value is -0.0600. The predicted octanol–water partition coefficient (Wildman–Crippen LogP) is 4.82. The smallest absolute Gasteiger partial charge is 0.341 e. The maximum atomic E-state index is 11.5. The van der Waals surface area contributed by atoms with Crippen molar-refractivity contribution >= 4 is 69.5 Å². The average molecular weight is 332 g/mol.